The molecule has 0 aliphatic carbocycles. The highest BCUT2D eigenvalue weighted by atomic mass is 19.1. The van der Waals surface area contributed by atoms with Crippen LogP contribution >= 0.6 is 0 Å². The minimum atomic E-state index is -1.56. The first-order chi connectivity index (χ1) is 6.15. The Balaban J connectivity index is 2.79. The molecule has 2 N–H and O–H groups in total. The number of rotatable bonds is 3. The van der Waals surface area contributed by atoms with Crippen LogP contribution in [0.3, 0.4) is 0 Å². The van der Waals surface area contributed by atoms with Gasteiger partial charge in [0.05, 0.1) is 0 Å². The summed E-state index contributed by atoms with van der Waals surface area (Å²) in [6.07, 6.45) is -0.384. The molecule has 0 atom stereocenters. The van der Waals surface area contributed by atoms with Gasteiger partial charge in [-0.1, -0.05) is 13.3 Å². The quantitative estimate of drug-likeness (QED) is 0.706. The van der Waals surface area contributed by atoms with Crippen molar-refractivity contribution in [3.8, 4) is 5.88 Å². The lowest BCUT2D eigenvalue weighted by Gasteiger charge is -1.93. The molecule has 1 heterocycles. The van der Waals surface area contributed by atoms with Crippen LogP contribution in [0.25, 0.3) is 0 Å². The van der Waals surface area contributed by atoms with E-state index in [-0.39, 0.29) is 5.69 Å². The summed E-state index contributed by atoms with van der Waals surface area (Å²) in [5, 5.41) is 13.9. The highest BCUT2D eigenvalue weighted by Crippen LogP contribution is 2.17. The van der Waals surface area contributed by atoms with E-state index < -0.39 is 17.9 Å². The van der Waals surface area contributed by atoms with E-state index in [9.17, 15) is 9.18 Å². The number of aromatic amines is 1. The van der Waals surface area contributed by atoms with E-state index in [1.54, 1.807) is 0 Å². The summed E-state index contributed by atoms with van der Waals surface area (Å²) in [4.78, 5) is 10.1. The third-order valence-corrected chi connectivity index (χ3v) is 1.42. The van der Waals surface area contributed by atoms with E-state index in [1.807, 2.05) is 6.92 Å². The van der Waals surface area contributed by atoms with Crippen molar-refractivity contribution in [2.75, 3.05) is 0 Å². The van der Waals surface area contributed by atoms with Crippen molar-refractivity contribution in [3.05, 3.63) is 11.5 Å². The van der Waals surface area contributed by atoms with E-state index in [1.165, 1.54) is 0 Å². The first-order valence-corrected chi connectivity index (χ1v) is 3.78. The first kappa shape index (κ1) is 9.50. The van der Waals surface area contributed by atoms with Gasteiger partial charge in [-0.2, -0.15) is 9.49 Å². The van der Waals surface area contributed by atoms with E-state index in [2.05, 4.69) is 14.9 Å². The molecule has 0 radical (unpaired) electrons. The average molecular weight is 188 g/mol. The molecule has 13 heavy (non-hydrogen) atoms. The number of hydrogen-bond donors (Lipinski definition) is 2. The van der Waals surface area contributed by atoms with Gasteiger partial charge in [0, 0.05) is 0 Å². The zero-order valence-corrected chi connectivity index (χ0v) is 7.00. The van der Waals surface area contributed by atoms with Gasteiger partial charge in [-0.3, -0.25) is 0 Å². The van der Waals surface area contributed by atoms with E-state index >= 15 is 0 Å². The standard InChI is InChI=1S/C7H9FN2O3/c1-2-3-4-5(8)6(10-9-4)13-7(11)12/h2-3H2,1H3,(H,9,10)(H,11,12). The van der Waals surface area contributed by atoms with Crippen molar-refractivity contribution in [1.29, 1.82) is 0 Å². The number of aryl methyl sites for hydroxylation is 1. The maximum Gasteiger partial charge on any atom is 0.512 e. The Morgan fingerprint density at radius 2 is 2.46 bits per heavy atom. The van der Waals surface area contributed by atoms with Gasteiger partial charge >= 0.3 is 6.16 Å². The zero-order chi connectivity index (χ0) is 9.84. The van der Waals surface area contributed by atoms with Gasteiger partial charge in [0.1, 0.15) is 5.69 Å². The molecular weight excluding hydrogens is 179 g/mol. The predicted octanol–water partition coefficient (Wildman–Crippen LogP) is 1.56. The summed E-state index contributed by atoms with van der Waals surface area (Å²) < 4.78 is 17.2. The Kier molecular flexibility index (Phi) is 2.84. The SMILES string of the molecule is CCCc1n[nH]c(OC(=O)O)c1F. The van der Waals surface area contributed by atoms with E-state index in [4.69, 9.17) is 5.11 Å². The summed E-state index contributed by atoms with van der Waals surface area (Å²) in [6, 6.07) is 0. The van der Waals surface area contributed by atoms with E-state index in [0.717, 1.165) is 6.42 Å². The summed E-state index contributed by atoms with van der Waals surface area (Å²) in [7, 11) is 0. The van der Waals surface area contributed by atoms with Crippen LogP contribution in [0.2, 0.25) is 0 Å². The molecule has 72 valence electrons. The number of H-pyrrole nitrogens is 1. The lowest BCUT2D eigenvalue weighted by Crippen LogP contribution is -2.04. The molecule has 0 fully saturated rings. The van der Waals surface area contributed by atoms with Crippen LogP contribution in [0.15, 0.2) is 0 Å². The third kappa shape index (κ3) is 2.17. The molecule has 0 unspecified atom stereocenters. The summed E-state index contributed by atoms with van der Waals surface area (Å²) in [6.45, 7) is 1.87. The monoisotopic (exact) mass is 188 g/mol. The maximum absolute atomic E-state index is 13.1. The second kappa shape index (κ2) is 3.88. The molecule has 0 aromatic carbocycles. The molecule has 1 aromatic rings. The molecule has 1 rings (SSSR count). The molecule has 0 saturated heterocycles. The molecule has 0 aliphatic rings. The smallest absolute Gasteiger partial charge is 0.449 e. The van der Waals surface area contributed by atoms with Gasteiger partial charge in [0.25, 0.3) is 5.88 Å². The molecule has 0 aliphatic heterocycles. The zero-order valence-electron chi connectivity index (χ0n) is 7.00. The number of carboxylic acid groups (broad SMARTS) is 1. The minimum Gasteiger partial charge on any atom is -0.449 e. The number of carbonyl (C=O) groups is 1. The summed E-state index contributed by atoms with van der Waals surface area (Å²) >= 11 is 0. The molecule has 0 amide bonds. The maximum atomic E-state index is 13.1. The van der Waals surface area contributed by atoms with Crippen LogP contribution in [0.4, 0.5) is 9.18 Å². The number of ether oxygens (including phenoxy) is 1. The van der Waals surface area contributed by atoms with Gasteiger partial charge in [-0.15, -0.1) is 0 Å². The Labute approximate surface area is 73.5 Å². The Bertz CT molecular complexity index is 311. The van der Waals surface area contributed by atoms with Gasteiger partial charge in [-0.25, -0.2) is 9.89 Å². The van der Waals surface area contributed by atoms with E-state index in [0.29, 0.717) is 6.42 Å². The minimum absolute atomic E-state index is 0.193. The average Bonchev–Trinajstić information content (AvgIpc) is 2.36. The molecule has 1 aromatic heterocycles. The van der Waals surface area contributed by atoms with Crippen LogP contribution in [-0.2, 0) is 6.42 Å². The Morgan fingerprint density at radius 1 is 1.77 bits per heavy atom. The van der Waals surface area contributed by atoms with Crippen molar-refractivity contribution in [1.82, 2.24) is 10.2 Å². The van der Waals surface area contributed by atoms with Gasteiger partial charge in [0.15, 0.2) is 0 Å². The van der Waals surface area contributed by atoms with Crippen molar-refractivity contribution in [3.63, 3.8) is 0 Å². The van der Waals surface area contributed by atoms with Gasteiger partial charge in [-0.05, 0) is 6.42 Å². The Hall–Kier alpha value is -1.59. The van der Waals surface area contributed by atoms with Crippen molar-refractivity contribution >= 4 is 6.16 Å². The van der Waals surface area contributed by atoms with Crippen molar-refractivity contribution in [2.24, 2.45) is 0 Å². The third-order valence-electron chi connectivity index (χ3n) is 1.42. The second-order valence-electron chi connectivity index (χ2n) is 2.43. The normalized spacial score (nSPS) is 10.0. The fourth-order valence-electron chi connectivity index (χ4n) is 0.905. The second-order valence-corrected chi connectivity index (χ2v) is 2.43. The largest absolute Gasteiger partial charge is 0.512 e. The Morgan fingerprint density at radius 3 is 3.00 bits per heavy atom. The van der Waals surface area contributed by atoms with Crippen LogP contribution in [0.5, 0.6) is 5.88 Å². The molecule has 0 spiro atoms. The number of hydrogen-bond acceptors (Lipinski definition) is 3. The highest BCUT2D eigenvalue weighted by Gasteiger charge is 2.15. The predicted molar refractivity (Wildman–Crippen MR) is 41.2 cm³/mol. The fraction of sp³-hybridized carbons (Fsp3) is 0.429. The van der Waals surface area contributed by atoms with Gasteiger partial charge in [0.2, 0.25) is 5.82 Å². The van der Waals surface area contributed by atoms with Crippen molar-refractivity contribution < 1.29 is 19.0 Å². The highest BCUT2D eigenvalue weighted by molar-refractivity contribution is 5.60. The first-order valence-electron chi connectivity index (χ1n) is 3.78. The van der Waals surface area contributed by atoms with Crippen LogP contribution < -0.4 is 4.74 Å². The number of halogens is 1. The van der Waals surface area contributed by atoms with Crippen LogP contribution in [0.1, 0.15) is 19.0 Å². The fourth-order valence-corrected chi connectivity index (χ4v) is 0.905. The molecule has 5 nitrogen and oxygen atoms in total. The number of aromatic nitrogens is 2. The lowest BCUT2D eigenvalue weighted by atomic mass is 10.2. The molecule has 0 saturated carbocycles. The van der Waals surface area contributed by atoms with Gasteiger partial charge < -0.3 is 9.84 Å². The molecule has 6 heteroatoms. The summed E-state index contributed by atoms with van der Waals surface area (Å²) in [5.41, 5.74) is 0.193. The molecule has 0 bridgehead atoms. The van der Waals surface area contributed by atoms with Crippen molar-refractivity contribution in [2.45, 2.75) is 19.8 Å². The lowest BCUT2D eigenvalue weighted by molar-refractivity contribution is 0.140. The topological polar surface area (TPSA) is 75.2 Å². The van der Waals surface area contributed by atoms with Crippen LogP contribution in [-0.4, -0.2) is 21.5 Å². The van der Waals surface area contributed by atoms with Crippen LogP contribution in [0, 0.1) is 5.82 Å². The number of nitrogens with zero attached hydrogens (tertiary/aromatic N) is 1. The molecular formula is C7H9FN2O3. The number of nitrogens with one attached hydrogen (secondary N) is 1. The summed E-state index contributed by atoms with van der Waals surface area (Å²) in [5.74, 6) is -1.18.